The molecule has 154 valence electrons. The topological polar surface area (TPSA) is 88.9 Å². The van der Waals surface area contributed by atoms with Crippen molar-refractivity contribution < 1.29 is 9.59 Å². The van der Waals surface area contributed by atoms with Crippen molar-refractivity contribution in [2.45, 2.75) is 39.2 Å². The first-order chi connectivity index (χ1) is 14.6. The average molecular weight is 403 g/mol. The average Bonchev–Trinajstić information content (AvgIpc) is 3.15. The minimum absolute atomic E-state index is 0.0108. The van der Waals surface area contributed by atoms with Crippen LogP contribution in [0.5, 0.6) is 0 Å². The molecule has 1 heterocycles. The van der Waals surface area contributed by atoms with Crippen LogP contribution in [0.3, 0.4) is 0 Å². The number of fused-ring (bicyclic) bond motifs is 1. The van der Waals surface area contributed by atoms with Crippen LogP contribution in [-0.4, -0.2) is 33.4 Å². The van der Waals surface area contributed by atoms with Gasteiger partial charge in [0.05, 0.1) is 17.4 Å². The fourth-order valence-corrected chi connectivity index (χ4v) is 3.93. The third-order valence-electron chi connectivity index (χ3n) is 5.50. The van der Waals surface area contributed by atoms with Gasteiger partial charge in [-0.1, -0.05) is 29.5 Å². The van der Waals surface area contributed by atoms with Gasteiger partial charge in [-0.3, -0.25) is 9.59 Å². The molecule has 1 unspecified atom stereocenters. The fourth-order valence-electron chi connectivity index (χ4n) is 3.93. The molecule has 3 aromatic rings. The lowest BCUT2D eigenvalue weighted by molar-refractivity contribution is 0.0924. The van der Waals surface area contributed by atoms with E-state index in [0.717, 1.165) is 24.9 Å². The smallest absolute Gasteiger partial charge is 0.274 e. The Morgan fingerprint density at radius 2 is 1.87 bits per heavy atom. The molecule has 1 aromatic heterocycles. The van der Waals surface area contributed by atoms with E-state index in [1.54, 1.807) is 28.9 Å². The normalized spacial score (nSPS) is 15.3. The van der Waals surface area contributed by atoms with Crippen LogP contribution in [0.25, 0.3) is 5.69 Å². The molecule has 7 heteroatoms. The van der Waals surface area contributed by atoms with E-state index in [2.05, 4.69) is 33.1 Å². The van der Waals surface area contributed by atoms with Gasteiger partial charge < -0.3 is 10.6 Å². The Morgan fingerprint density at radius 3 is 2.63 bits per heavy atom. The van der Waals surface area contributed by atoms with E-state index in [0.29, 0.717) is 23.5 Å². The number of nitrogens with zero attached hydrogens (tertiary/aromatic N) is 3. The standard InChI is InChI=1S/C23H25N5O2/c1-3-24-22(29)17-11-13-18(14-12-17)28-15(2)21(26-27-28)23(30)25-20-10-6-8-16-7-4-5-9-19(16)20/h4-5,7,9,11-14,20H,3,6,8,10H2,1-2H3,(H,24,29)(H,25,30). The maximum Gasteiger partial charge on any atom is 0.274 e. The second-order valence-electron chi connectivity index (χ2n) is 7.46. The summed E-state index contributed by atoms with van der Waals surface area (Å²) >= 11 is 0. The van der Waals surface area contributed by atoms with Gasteiger partial charge in [0.1, 0.15) is 0 Å². The van der Waals surface area contributed by atoms with E-state index in [1.165, 1.54) is 11.1 Å². The molecular formula is C23H25N5O2. The van der Waals surface area contributed by atoms with E-state index in [-0.39, 0.29) is 17.9 Å². The molecule has 7 nitrogen and oxygen atoms in total. The molecule has 0 bridgehead atoms. The fraction of sp³-hybridized carbons (Fsp3) is 0.304. The summed E-state index contributed by atoms with van der Waals surface area (Å²) < 4.78 is 1.62. The zero-order chi connectivity index (χ0) is 21.1. The molecule has 1 atom stereocenters. The summed E-state index contributed by atoms with van der Waals surface area (Å²) in [5.41, 5.74) is 4.76. The van der Waals surface area contributed by atoms with Crippen LogP contribution in [0.4, 0.5) is 0 Å². The molecule has 0 spiro atoms. The number of carbonyl (C=O) groups is 2. The van der Waals surface area contributed by atoms with E-state index in [4.69, 9.17) is 0 Å². The van der Waals surface area contributed by atoms with Gasteiger partial charge in [0.15, 0.2) is 5.69 Å². The van der Waals surface area contributed by atoms with Gasteiger partial charge >= 0.3 is 0 Å². The second-order valence-corrected chi connectivity index (χ2v) is 7.46. The van der Waals surface area contributed by atoms with Crippen molar-refractivity contribution in [3.8, 4) is 5.69 Å². The number of hydrogen-bond donors (Lipinski definition) is 2. The SMILES string of the molecule is CCNC(=O)c1ccc(-n2nnc(C(=O)NC3CCCc4ccccc43)c2C)cc1. The monoisotopic (exact) mass is 403 g/mol. The molecule has 0 fully saturated rings. The highest BCUT2D eigenvalue weighted by Crippen LogP contribution is 2.29. The molecule has 0 saturated heterocycles. The first-order valence-corrected chi connectivity index (χ1v) is 10.3. The van der Waals surface area contributed by atoms with Crippen molar-refractivity contribution in [1.82, 2.24) is 25.6 Å². The van der Waals surface area contributed by atoms with Gasteiger partial charge in [-0.15, -0.1) is 5.10 Å². The number of rotatable bonds is 5. The van der Waals surface area contributed by atoms with Crippen LogP contribution in [0.15, 0.2) is 48.5 Å². The summed E-state index contributed by atoms with van der Waals surface area (Å²) in [6.45, 7) is 4.28. The number of carbonyl (C=O) groups excluding carboxylic acids is 2. The predicted octanol–water partition coefficient (Wildman–Crippen LogP) is 3.13. The quantitative estimate of drug-likeness (QED) is 0.685. The van der Waals surface area contributed by atoms with Crippen molar-refractivity contribution in [2.75, 3.05) is 6.54 Å². The zero-order valence-electron chi connectivity index (χ0n) is 17.2. The molecule has 0 saturated carbocycles. The Hall–Kier alpha value is -3.48. The Kier molecular flexibility index (Phi) is 5.61. The third kappa shape index (κ3) is 3.83. The molecule has 0 aliphatic heterocycles. The van der Waals surface area contributed by atoms with Crippen LogP contribution in [0, 0.1) is 6.92 Å². The third-order valence-corrected chi connectivity index (χ3v) is 5.50. The molecule has 1 aliphatic rings. The minimum atomic E-state index is -0.223. The maximum atomic E-state index is 12.9. The number of aromatic nitrogens is 3. The zero-order valence-corrected chi connectivity index (χ0v) is 17.2. The Bertz CT molecular complexity index is 1070. The number of nitrogens with one attached hydrogen (secondary N) is 2. The summed E-state index contributed by atoms with van der Waals surface area (Å²) in [6, 6.07) is 15.3. The summed E-state index contributed by atoms with van der Waals surface area (Å²) in [4.78, 5) is 24.9. The first kappa shape index (κ1) is 19.8. The van der Waals surface area contributed by atoms with Crippen LogP contribution in [0.1, 0.15) is 63.5 Å². The van der Waals surface area contributed by atoms with Gasteiger partial charge in [0.25, 0.3) is 11.8 Å². The van der Waals surface area contributed by atoms with E-state index in [9.17, 15) is 9.59 Å². The first-order valence-electron chi connectivity index (χ1n) is 10.3. The number of amides is 2. The lowest BCUT2D eigenvalue weighted by Crippen LogP contribution is -2.31. The molecule has 4 rings (SSSR count). The van der Waals surface area contributed by atoms with E-state index in [1.807, 2.05) is 26.0 Å². The molecular weight excluding hydrogens is 378 g/mol. The van der Waals surface area contributed by atoms with Crippen molar-refractivity contribution in [2.24, 2.45) is 0 Å². The number of benzene rings is 2. The highest BCUT2D eigenvalue weighted by atomic mass is 16.2. The second kappa shape index (κ2) is 8.49. The van der Waals surface area contributed by atoms with Gasteiger partial charge in [0, 0.05) is 12.1 Å². The van der Waals surface area contributed by atoms with Crippen molar-refractivity contribution >= 4 is 11.8 Å². The van der Waals surface area contributed by atoms with Gasteiger partial charge in [0.2, 0.25) is 0 Å². The lowest BCUT2D eigenvalue weighted by Gasteiger charge is -2.26. The van der Waals surface area contributed by atoms with Crippen LogP contribution < -0.4 is 10.6 Å². The molecule has 2 aromatic carbocycles. The molecule has 2 N–H and O–H groups in total. The van der Waals surface area contributed by atoms with Gasteiger partial charge in [-0.25, -0.2) is 4.68 Å². The Balaban J connectivity index is 1.52. The van der Waals surface area contributed by atoms with E-state index < -0.39 is 0 Å². The van der Waals surface area contributed by atoms with Gasteiger partial charge in [-0.2, -0.15) is 0 Å². The van der Waals surface area contributed by atoms with Gasteiger partial charge in [-0.05, 0) is 68.5 Å². The molecule has 1 aliphatic carbocycles. The summed E-state index contributed by atoms with van der Waals surface area (Å²) in [5.74, 6) is -0.341. The Labute approximate surface area is 175 Å². The van der Waals surface area contributed by atoms with E-state index >= 15 is 0 Å². The molecule has 0 radical (unpaired) electrons. The largest absolute Gasteiger partial charge is 0.352 e. The summed E-state index contributed by atoms with van der Waals surface area (Å²) in [7, 11) is 0. The predicted molar refractivity (Wildman–Crippen MR) is 114 cm³/mol. The highest BCUT2D eigenvalue weighted by Gasteiger charge is 2.24. The van der Waals surface area contributed by atoms with Crippen LogP contribution in [0.2, 0.25) is 0 Å². The summed E-state index contributed by atoms with van der Waals surface area (Å²) in [6.07, 6.45) is 3.01. The van der Waals surface area contributed by atoms with Crippen molar-refractivity contribution in [1.29, 1.82) is 0 Å². The Morgan fingerprint density at radius 1 is 1.10 bits per heavy atom. The summed E-state index contributed by atoms with van der Waals surface area (Å²) in [5, 5.41) is 14.2. The minimum Gasteiger partial charge on any atom is -0.352 e. The van der Waals surface area contributed by atoms with Crippen LogP contribution in [-0.2, 0) is 6.42 Å². The highest BCUT2D eigenvalue weighted by molar-refractivity contribution is 5.94. The van der Waals surface area contributed by atoms with Crippen LogP contribution >= 0.6 is 0 Å². The maximum absolute atomic E-state index is 12.9. The lowest BCUT2D eigenvalue weighted by atomic mass is 9.87. The van der Waals surface area contributed by atoms with Crippen molar-refractivity contribution in [3.63, 3.8) is 0 Å². The number of aryl methyl sites for hydroxylation is 1. The van der Waals surface area contributed by atoms with Crippen molar-refractivity contribution in [3.05, 3.63) is 76.6 Å². The molecule has 30 heavy (non-hydrogen) atoms. The number of hydrogen-bond acceptors (Lipinski definition) is 4. The molecule has 2 amide bonds.